The van der Waals surface area contributed by atoms with Crippen molar-refractivity contribution in [3.05, 3.63) is 90.5 Å². The molecule has 1 aromatic heterocycles. The summed E-state index contributed by atoms with van der Waals surface area (Å²) in [6, 6.07) is 28.7. The third kappa shape index (κ3) is 3.02. The van der Waals surface area contributed by atoms with Crippen LogP contribution in [0.1, 0.15) is 5.56 Å². The normalized spacial score (nSPS) is 10.7. The molecule has 0 aliphatic rings. The Hall–Kier alpha value is -3.26. The minimum atomic E-state index is 0.845. The highest BCUT2D eigenvalue weighted by molar-refractivity contribution is 5.84. The van der Waals surface area contributed by atoms with Crippen LogP contribution < -0.4 is 4.74 Å². The molecule has 0 unspecified atom stereocenters. The molecule has 4 rings (SSSR count). The number of hydrogen-bond acceptors (Lipinski definition) is 2. The van der Waals surface area contributed by atoms with Crippen LogP contribution in [0.2, 0.25) is 0 Å². The fourth-order valence-corrected chi connectivity index (χ4v) is 3.16. The average Bonchev–Trinajstić information content (AvgIpc) is 3.14. The number of benzene rings is 3. The summed E-state index contributed by atoms with van der Waals surface area (Å²) >= 11 is 0. The quantitative estimate of drug-likeness (QED) is 0.418. The van der Waals surface area contributed by atoms with Gasteiger partial charge in [-0.2, -0.15) is 0 Å². The molecule has 4 aromatic rings. The third-order valence-electron chi connectivity index (χ3n) is 4.58. The smallest absolute Gasteiger partial charge is 0.142 e. The average molecular weight is 340 g/mol. The summed E-state index contributed by atoms with van der Waals surface area (Å²) in [6.45, 7) is 2.10. The van der Waals surface area contributed by atoms with E-state index < -0.39 is 0 Å². The first-order valence-electron chi connectivity index (χ1n) is 8.66. The summed E-state index contributed by atoms with van der Waals surface area (Å²) in [5.74, 6) is 2.61. The minimum absolute atomic E-state index is 0.845. The van der Waals surface area contributed by atoms with Crippen molar-refractivity contribution in [2.45, 2.75) is 6.92 Å². The summed E-state index contributed by atoms with van der Waals surface area (Å²) in [5.41, 5.74) is 5.56. The summed E-state index contributed by atoms with van der Waals surface area (Å²) in [6.07, 6.45) is 0. The molecule has 0 radical (unpaired) electrons. The molecule has 0 N–H and O–H groups in total. The van der Waals surface area contributed by atoms with Gasteiger partial charge in [0.25, 0.3) is 0 Å². The van der Waals surface area contributed by atoms with Crippen LogP contribution in [0.3, 0.4) is 0 Å². The Morgan fingerprint density at radius 1 is 0.692 bits per heavy atom. The van der Waals surface area contributed by atoms with E-state index in [1.807, 2.05) is 42.5 Å². The van der Waals surface area contributed by atoms with E-state index >= 15 is 0 Å². The van der Waals surface area contributed by atoms with Gasteiger partial charge in [0.2, 0.25) is 0 Å². The molecule has 0 amide bonds. The molecule has 128 valence electrons. The van der Waals surface area contributed by atoms with Crippen LogP contribution in [-0.2, 0) is 0 Å². The van der Waals surface area contributed by atoms with Crippen LogP contribution in [0.15, 0.2) is 89.3 Å². The highest BCUT2D eigenvalue weighted by Gasteiger charge is 2.17. The van der Waals surface area contributed by atoms with Gasteiger partial charge in [0, 0.05) is 16.7 Å². The van der Waals surface area contributed by atoms with Crippen LogP contribution in [0.5, 0.6) is 5.75 Å². The van der Waals surface area contributed by atoms with Crippen molar-refractivity contribution in [1.82, 2.24) is 0 Å². The lowest BCUT2D eigenvalue weighted by atomic mass is 10.0. The van der Waals surface area contributed by atoms with Gasteiger partial charge in [-0.1, -0.05) is 66.7 Å². The zero-order valence-electron chi connectivity index (χ0n) is 14.9. The molecule has 0 saturated carbocycles. The second kappa shape index (κ2) is 6.93. The molecule has 0 saturated heterocycles. The summed E-state index contributed by atoms with van der Waals surface area (Å²) < 4.78 is 11.6. The molecule has 0 spiro atoms. The fraction of sp³-hybridized carbons (Fsp3) is 0.0833. The Balaban J connectivity index is 1.89. The molecule has 0 fully saturated rings. The lowest BCUT2D eigenvalue weighted by Crippen LogP contribution is -1.83. The van der Waals surface area contributed by atoms with Crippen molar-refractivity contribution in [1.29, 1.82) is 0 Å². The second-order valence-corrected chi connectivity index (χ2v) is 6.26. The first kappa shape index (κ1) is 16.2. The molecule has 0 bridgehead atoms. The van der Waals surface area contributed by atoms with E-state index in [2.05, 4.69) is 49.4 Å². The predicted molar refractivity (Wildman–Crippen MR) is 106 cm³/mol. The van der Waals surface area contributed by atoms with E-state index in [-0.39, 0.29) is 0 Å². The topological polar surface area (TPSA) is 22.4 Å². The Labute approximate surface area is 153 Å². The summed E-state index contributed by atoms with van der Waals surface area (Å²) in [5, 5.41) is 0. The maximum Gasteiger partial charge on any atom is 0.142 e. The molecule has 0 aliphatic carbocycles. The van der Waals surface area contributed by atoms with Gasteiger partial charge < -0.3 is 9.15 Å². The van der Waals surface area contributed by atoms with Gasteiger partial charge in [-0.15, -0.1) is 0 Å². The van der Waals surface area contributed by atoms with Gasteiger partial charge in [-0.3, -0.25) is 0 Å². The van der Waals surface area contributed by atoms with Crippen LogP contribution in [0.25, 0.3) is 33.8 Å². The Bertz CT molecular complexity index is 1010. The zero-order chi connectivity index (χ0) is 17.9. The Kier molecular flexibility index (Phi) is 4.32. The Morgan fingerprint density at radius 3 is 2.08 bits per heavy atom. The highest BCUT2D eigenvalue weighted by Crippen LogP contribution is 2.39. The van der Waals surface area contributed by atoms with Gasteiger partial charge in [0.15, 0.2) is 0 Å². The van der Waals surface area contributed by atoms with Crippen LogP contribution in [-0.4, -0.2) is 7.11 Å². The molecular weight excluding hydrogens is 320 g/mol. The molecule has 2 heteroatoms. The van der Waals surface area contributed by atoms with Gasteiger partial charge in [-0.25, -0.2) is 0 Å². The van der Waals surface area contributed by atoms with Crippen molar-refractivity contribution >= 4 is 0 Å². The molecule has 26 heavy (non-hydrogen) atoms. The minimum Gasteiger partial charge on any atom is -0.497 e. The van der Waals surface area contributed by atoms with Gasteiger partial charge in [0.1, 0.15) is 17.3 Å². The maximum absolute atomic E-state index is 6.35. The van der Waals surface area contributed by atoms with E-state index in [0.29, 0.717) is 0 Å². The van der Waals surface area contributed by atoms with E-state index in [1.165, 1.54) is 5.56 Å². The zero-order valence-corrected chi connectivity index (χ0v) is 14.9. The number of hydrogen-bond donors (Lipinski definition) is 0. The fourth-order valence-electron chi connectivity index (χ4n) is 3.16. The SMILES string of the molecule is COc1ccc(-c2cc(-c3ccccc3C)oc2-c2ccccc2)cc1. The summed E-state index contributed by atoms with van der Waals surface area (Å²) in [4.78, 5) is 0. The molecule has 1 heterocycles. The molecular formula is C24H20O2. The number of rotatable bonds is 4. The first-order valence-corrected chi connectivity index (χ1v) is 8.66. The van der Waals surface area contributed by atoms with E-state index in [9.17, 15) is 0 Å². The van der Waals surface area contributed by atoms with Gasteiger partial charge >= 0.3 is 0 Å². The number of ether oxygens (including phenoxy) is 1. The Morgan fingerprint density at radius 2 is 1.38 bits per heavy atom. The number of furan rings is 1. The van der Waals surface area contributed by atoms with Crippen molar-refractivity contribution in [3.63, 3.8) is 0 Å². The molecule has 0 atom stereocenters. The van der Waals surface area contributed by atoms with Gasteiger partial charge in [-0.05, 0) is 36.2 Å². The van der Waals surface area contributed by atoms with E-state index in [1.54, 1.807) is 7.11 Å². The largest absolute Gasteiger partial charge is 0.497 e. The number of aryl methyl sites for hydroxylation is 1. The van der Waals surface area contributed by atoms with E-state index in [0.717, 1.165) is 39.5 Å². The van der Waals surface area contributed by atoms with Gasteiger partial charge in [0.05, 0.1) is 7.11 Å². The lowest BCUT2D eigenvalue weighted by molar-refractivity contribution is 0.415. The van der Waals surface area contributed by atoms with Crippen molar-refractivity contribution in [2.75, 3.05) is 7.11 Å². The van der Waals surface area contributed by atoms with Crippen LogP contribution >= 0.6 is 0 Å². The lowest BCUT2D eigenvalue weighted by Gasteiger charge is -2.04. The second-order valence-electron chi connectivity index (χ2n) is 6.26. The predicted octanol–water partition coefficient (Wildman–Crippen LogP) is 6.60. The number of methoxy groups -OCH3 is 1. The maximum atomic E-state index is 6.35. The highest BCUT2D eigenvalue weighted by atomic mass is 16.5. The van der Waals surface area contributed by atoms with Crippen molar-refractivity contribution < 1.29 is 9.15 Å². The van der Waals surface area contributed by atoms with Crippen molar-refractivity contribution in [3.8, 4) is 39.5 Å². The molecule has 0 aliphatic heterocycles. The standard InChI is InChI=1S/C24H20O2/c1-17-8-6-7-11-21(17)23-16-22(18-12-14-20(25-2)15-13-18)24(26-23)19-9-4-3-5-10-19/h3-16H,1-2H3. The van der Waals surface area contributed by atoms with Crippen molar-refractivity contribution in [2.24, 2.45) is 0 Å². The monoisotopic (exact) mass is 340 g/mol. The third-order valence-corrected chi connectivity index (χ3v) is 4.58. The summed E-state index contributed by atoms with van der Waals surface area (Å²) in [7, 11) is 1.68. The van der Waals surface area contributed by atoms with E-state index in [4.69, 9.17) is 9.15 Å². The van der Waals surface area contributed by atoms with Crippen LogP contribution in [0.4, 0.5) is 0 Å². The molecule has 2 nitrogen and oxygen atoms in total. The van der Waals surface area contributed by atoms with Crippen LogP contribution in [0, 0.1) is 6.92 Å². The first-order chi connectivity index (χ1) is 12.8. The molecule has 3 aromatic carbocycles.